The molecule has 0 spiro atoms. The molecule has 0 saturated heterocycles. The number of hydrogen-bond donors (Lipinski definition) is 2. The van der Waals surface area contributed by atoms with Crippen LogP contribution in [0.2, 0.25) is 0 Å². The molecule has 0 unspecified atom stereocenters. The van der Waals surface area contributed by atoms with Gasteiger partial charge < -0.3 is 15.4 Å². The van der Waals surface area contributed by atoms with Crippen molar-refractivity contribution in [3.8, 4) is 5.88 Å². The van der Waals surface area contributed by atoms with Crippen LogP contribution in [0, 0.1) is 0 Å². The Morgan fingerprint density at radius 3 is 2.58 bits per heavy atom. The normalized spacial score (nSPS) is 11.6. The number of nitrogens with one attached hydrogen (secondary N) is 2. The molecule has 1 rings (SSSR count). The number of hydrogen-bond acceptors (Lipinski definition) is 4. The van der Waals surface area contributed by atoms with Crippen LogP contribution in [-0.2, 0) is 6.54 Å². The van der Waals surface area contributed by atoms with E-state index >= 15 is 0 Å². The molecule has 0 saturated carbocycles. The second kappa shape index (κ2) is 12.6. The first-order valence-electron chi connectivity index (χ1n) is 8.15. The third-order valence-corrected chi connectivity index (χ3v) is 4.50. The van der Waals surface area contributed by atoms with Crippen LogP contribution in [0.25, 0.3) is 0 Å². The summed E-state index contributed by atoms with van der Waals surface area (Å²) in [5, 5.41) is 6.67. The van der Waals surface area contributed by atoms with Crippen molar-refractivity contribution >= 4 is 41.7 Å². The maximum absolute atomic E-state index is 5.49. The molecule has 0 radical (unpaired) electrons. The zero-order valence-electron chi connectivity index (χ0n) is 15.4. The summed E-state index contributed by atoms with van der Waals surface area (Å²) in [5.74, 6) is 1.51. The Hall–Kier alpha value is -0.700. The predicted octanol–water partition coefficient (Wildman–Crippen LogP) is 3.69. The molecule has 138 valence electrons. The minimum Gasteiger partial charge on any atom is -0.478 e. The number of rotatable bonds is 9. The van der Waals surface area contributed by atoms with Crippen LogP contribution in [0.4, 0.5) is 0 Å². The minimum atomic E-state index is 0. The van der Waals surface area contributed by atoms with Crippen molar-refractivity contribution in [2.24, 2.45) is 4.99 Å². The number of aliphatic imine (C=N–C) groups is 1. The predicted molar refractivity (Wildman–Crippen MR) is 116 cm³/mol. The van der Waals surface area contributed by atoms with Crippen molar-refractivity contribution in [3.63, 3.8) is 0 Å². The highest BCUT2D eigenvalue weighted by atomic mass is 127. The second-order valence-electron chi connectivity index (χ2n) is 5.87. The SMILES string of the molecule is CCCOc1ccc(CN=C(NCC)NCC(C)(C)SC)cn1.I. The highest BCUT2D eigenvalue weighted by Crippen LogP contribution is 2.19. The Kier molecular flexibility index (Phi) is 12.3. The van der Waals surface area contributed by atoms with Gasteiger partial charge in [-0.05, 0) is 39.0 Å². The van der Waals surface area contributed by atoms with Crippen LogP contribution >= 0.6 is 35.7 Å². The summed E-state index contributed by atoms with van der Waals surface area (Å²) in [5.41, 5.74) is 1.06. The number of guanidine groups is 1. The van der Waals surface area contributed by atoms with Crippen molar-refractivity contribution in [2.45, 2.75) is 45.4 Å². The lowest BCUT2D eigenvalue weighted by Gasteiger charge is -2.23. The molecule has 0 aliphatic carbocycles. The lowest BCUT2D eigenvalue weighted by atomic mass is 10.2. The fraction of sp³-hybridized carbons (Fsp3) is 0.647. The minimum absolute atomic E-state index is 0. The van der Waals surface area contributed by atoms with Crippen molar-refractivity contribution < 1.29 is 4.74 Å². The molecule has 0 aromatic carbocycles. The van der Waals surface area contributed by atoms with E-state index in [2.05, 4.69) is 54.6 Å². The summed E-state index contributed by atoms with van der Waals surface area (Å²) in [6.07, 6.45) is 4.93. The zero-order valence-corrected chi connectivity index (χ0v) is 18.5. The first-order chi connectivity index (χ1) is 11.0. The van der Waals surface area contributed by atoms with Crippen LogP contribution in [-0.4, -0.2) is 41.6 Å². The van der Waals surface area contributed by atoms with E-state index < -0.39 is 0 Å². The number of aromatic nitrogens is 1. The van der Waals surface area contributed by atoms with Gasteiger partial charge in [-0.2, -0.15) is 11.8 Å². The molecule has 0 aliphatic heterocycles. The average molecular weight is 466 g/mol. The zero-order chi connectivity index (χ0) is 17.1. The van der Waals surface area contributed by atoms with Crippen molar-refractivity contribution in [2.75, 3.05) is 26.0 Å². The second-order valence-corrected chi connectivity index (χ2v) is 7.38. The fourth-order valence-electron chi connectivity index (χ4n) is 1.68. The van der Waals surface area contributed by atoms with E-state index in [-0.39, 0.29) is 28.7 Å². The lowest BCUT2D eigenvalue weighted by molar-refractivity contribution is 0.305. The van der Waals surface area contributed by atoms with Crippen molar-refractivity contribution in [1.82, 2.24) is 15.6 Å². The molecule has 0 fully saturated rings. The number of halogens is 1. The third kappa shape index (κ3) is 9.56. The van der Waals surface area contributed by atoms with Crippen LogP contribution in [0.1, 0.15) is 39.7 Å². The molecule has 1 aromatic heterocycles. The first-order valence-corrected chi connectivity index (χ1v) is 9.38. The van der Waals surface area contributed by atoms with Crippen LogP contribution in [0.15, 0.2) is 23.3 Å². The summed E-state index contributed by atoms with van der Waals surface area (Å²) in [6, 6.07) is 3.91. The quantitative estimate of drug-likeness (QED) is 0.330. The molecular weight excluding hydrogens is 435 g/mol. The summed E-state index contributed by atoms with van der Waals surface area (Å²) >= 11 is 1.84. The highest BCUT2D eigenvalue weighted by Gasteiger charge is 2.15. The highest BCUT2D eigenvalue weighted by molar-refractivity contribution is 14.0. The van der Waals surface area contributed by atoms with Gasteiger partial charge in [0.2, 0.25) is 5.88 Å². The Morgan fingerprint density at radius 2 is 2.04 bits per heavy atom. The number of thioether (sulfide) groups is 1. The van der Waals surface area contributed by atoms with Gasteiger partial charge in [-0.25, -0.2) is 9.98 Å². The van der Waals surface area contributed by atoms with Gasteiger partial charge in [0.25, 0.3) is 0 Å². The van der Waals surface area contributed by atoms with Gasteiger partial charge in [-0.15, -0.1) is 24.0 Å². The molecule has 0 aliphatic rings. The maximum Gasteiger partial charge on any atom is 0.213 e. The smallest absolute Gasteiger partial charge is 0.213 e. The molecule has 1 heterocycles. The van der Waals surface area contributed by atoms with Gasteiger partial charge in [-0.3, -0.25) is 0 Å². The van der Waals surface area contributed by atoms with Gasteiger partial charge in [0.1, 0.15) is 0 Å². The van der Waals surface area contributed by atoms with Gasteiger partial charge in [0.05, 0.1) is 13.2 Å². The van der Waals surface area contributed by atoms with E-state index in [4.69, 9.17) is 4.74 Å². The number of pyridine rings is 1. The van der Waals surface area contributed by atoms with Gasteiger partial charge >= 0.3 is 0 Å². The summed E-state index contributed by atoms with van der Waals surface area (Å²) in [4.78, 5) is 8.92. The van der Waals surface area contributed by atoms with E-state index in [1.807, 2.05) is 30.1 Å². The maximum atomic E-state index is 5.49. The largest absolute Gasteiger partial charge is 0.478 e. The number of ether oxygens (including phenoxy) is 1. The van der Waals surface area contributed by atoms with E-state index in [9.17, 15) is 0 Å². The van der Waals surface area contributed by atoms with Gasteiger partial charge in [-0.1, -0.05) is 13.0 Å². The first kappa shape index (κ1) is 23.3. The van der Waals surface area contributed by atoms with Crippen LogP contribution < -0.4 is 15.4 Å². The lowest BCUT2D eigenvalue weighted by Crippen LogP contribution is -2.43. The topological polar surface area (TPSA) is 58.5 Å². The summed E-state index contributed by atoms with van der Waals surface area (Å²) in [6.45, 7) is 11.6. The molecule has 0 amide bonds. The standard InChI is InChI=1S/C17H30N4OS.HI/c1-6-10-22-15-9-8-14(11-19-15)12-20-16(18-7-2)21-13-17(3,4)23-5;/h8-9,11H,6-7,10,12-13H2,1-5H3,(H2,18,20,21);1H. The Morgan fingerprint density at radius 1 is 1.29 bits per heavy atom. The van der Waals surface area contributed by atoms with E-state index in [0.29, 0.717) is 19.0 Å². The molecular formula is C17H31IN4OS. The van der Waals surface area contributed by atoms with Crippen LogP contribution in [0.5, 0.6) is 5.88 Å². The molecule has 7 heteroatoms. The van der Waals surface area contributed by atoms with Crippen molar-refractivity contribution in [3.05, 3.63) is 23.9 Å². The van der Waals surface area contributed by atoms with E-state index in [1.165, 1.54) is 0 Å². The Balaban J connectivity index is 0.00000529. The molecule has 5 nitrogen and oxygen atoms in total. The molecule has 2 N–H and O–H groups in total. The van der Waals surface area contributed by atoms with E-state index in [0.717, 1.165) is 31.0 Å². The average Bonchev–Trinajstić information content (AvgIpc) is 2.56. The Labute approximate surface area is 167 Å². The monoisotopic (exact) mass is 466 g/mol. The fourth-order valence-corrected chi connectivity index (χ4v) is 1.89. The molecule has 1 aromatic rings. The van der Waals surface area contributed by atoms with E-state index in [1.54, 1.807) is 0 Å². The Bertz CT molecular complexity index is 480. The van der Waals surface area contributed by atoms with Crippen molar-refractivity contribution in [1.29, 1.82) is 0 Å². The molecule has 0 bridgehead atoms. The summed E-state index contributed by atoms with van der Waals surface area (Å²) < 4.78 is 5.67. The molecule has 0 atom stereocenters. The third-order valence-electron chi connectivity index (χ3n) is 3.25. The molecule has 24 heavy (non-hydrogen) atoms. The van der Waals surface area contributed by atoms with Gasteiger partial charge in [0, 0.05) is 30.1 Å². The van der Waals surface area contributed by atoms with Crippen LogP contribution in [0.3, 0.4) is 0 Å². The summed E-state index contributed by atoms with van der Waals surface area (Å²) in [7, 11) is 0. The number of nitrogens with zero attached hydrogens (tertiary/aromatic N) is 2. The van der Waals surface area contributed by atoms with Gasteiger partial charge in [0.15, 0.2) is 5.96 Å².